The third kappa shape index (κ3) is 4.94. The Labute approximate surface area is 111 Å². The molecule has 1 fully saturated rings. The molecule has 0 aromatic heterocycles. The van der Waals surface area contributed by atoms with Crippen LogP contribution in [0.25, 0.3) is 0 Å². The third-order valence-corrected chi connectivity index (χ3v) is 3.92. The molecule has 4 heteroatoms. The van der Waals surface area contributed by atoms with Gasteiger partial charge in [-0.3, -0.25) is 4.79 Å². The maximum absolute atomic E-state index is 12.2. The van der Waals surface area contributed by atoms with Crippen LogP contribution in [0.3, 0.4) is 0 Å². The minimum atomic E-state index is -0.349. The summed E-state index contributed by atoms with van der Waals surface area (Å²) in [5.41, 5.74) is 5.96. The second kappa shape index (κ2) is 8.48. The van der Waals surface area contributed by atoms with Crippen LogP contribution in [0.5, 0.6) is 0 Å². The number of hydrogen-bond donors (Lipinski definition) is 1. The Hall–Kier alpha value is -0.610. The summed E-state index contributed by atoms with van der Waals surface area (Å²) in [6.07, 6.45) is 6.30. The number of rotatable bonds is 6. The Kier molecular flexibility index (Phi) is 7.28. The number of carbonyl (C=O) groups is 1. The third-order valence-electron chi connectivity index (χ3n) is 3.92. The lowest BCUT2D eigenvalue weighted by Gasteiger charge is -2.24. The van der Waals surface area contributed by atoms with E-state index in [-0.39, 0.29) is 11.9 Å². The van der Waals surface area contributed by atoms with Crippen molar-refractivity contribution in [2.24, 2.45) is 11.7 Å². The molecule has 1 amide bonds. The maximum atomic E-state index is 12.2. The Morgan fingerprint density at radius 1 is 1.44 bits per heavy atom. The van der Waals surface area contributed by atoms with Crippen molar-refractivity contribution in [3.8, 4) is 0 Å². The molecule has 0 aliphatic carbocycles. The SMILES string of the molecule is CCC1CCCN(C(=O)C(N)CCCOC)CC1. The quantitative estimate of drug-likeness (QED) is 0.737. The van der Waals surface area contributed by atoms with Gasteiger partial charge in [-0.2, -0.15) is 0 Å². The van der Waals surface area contributed by atoms with E-state index in [0.717, 1.165) is 44.7 Å². The largest absolute Gasteiger partial charge is 0.385 e. The molecule has 0 aromatic carbocycles. The lowest BCUT2D eigenvalue weighted by atomic mass is 9.98. The number of nitrogens with zero attached hydrogens (tertiary/aromatic N) is 1. The van der Waals surface area contributed by atoms with E-state index < -0.39 is 0 Å². The highest BCUT2D eigenvalue weighted by Gasteiger charge is 2.23. The first kappa shape index (κ1) is 15.4. The van der Waals surface area contributed by atoms with E-state index in [4.69, 9.17) is 10.5 Å². The molecule has 4 nitrogen and oxygen atoms in total. The van der Waals surface area contributed by atoms with Crippen molar-refractivity contribution in [2.75, 3.05) is 26.8 Å². The van der Waals surface area contributed by atoms with Crippen LogP contribution < -0.4 is 5.73 Å². The molecule has 0 saturated carbocycles. The van der Waals surface area contributed by atoms with Crippen LogP contribution in [0.2, 0.25) is 0 Å². The zero-order chi connectivity index (χ0) is 13.4. The van der Waals surface area contributed by atoms with E-state index in [1.165, 1.54) is 12.8 Å². The molecule has 1 saturated heterocycles. The lowest BCUT2D eigenvalue weighted by Crippen LogP contribution is -2.44. The molecular formula is C14H28N2O2. The monoisotopic (exact) mass is 256 g/mol. The fourth-order valence-electron chi connectivity index (χ4n) is 2.60. The predicted molar refractivity (Wildman–Crippen MR) is 73.3 cm³/mol. The lowest BCUT2D eigenvalue weighted by molar-refractivity contribution is -0.132. The van der Waals surface area contributed by atoms with E-state index >= 15 is 0 Å². The first-order chi connectivity index (χ1) is 8.69. The van der Waals surface area contributed by atoms with E-state index in [0.29, 0.717) is 6.61 Å². The van der Waals surface area contributed by atoms with E-state index in [1.54, 1.807) is 7.11 Å². The van der Waals surface area contributed by atoms with Crippen LogP contribution in [0.1, 0.15) is 45.4 Å². The Balaban J connectivity index is 2.35. The summed E-state index contributed by atoms with van der Waals surface area (Å²) in [6.45, 7) is 4.68. The van der Waals surface area contributed by atoms with Gasteiger partial charge < -0.3 is 15.4 Å². The van der Waals surface area contributed by atoms with E-state index in [9.17, 15) is 4.79 Å². The summed E-state index contributed by atoms with van der Waals surface area (Å²) in [5.74, 6) is 0.912. The molecule has 1 rings (SSSR count). The summed E-state index contributed by atoms with van der Waals surface area (Å²) in [5, 5.41) is 0. The normalized spacial score (nSPS) is 22.6. The van der Waals surface area contributed by atoms with Gasteiger partial charge in [0.15, 0.2) is 0 Å². The number of likely N-dealkylation sites (tertiary alicyclic amines) is 1. The second-order valence-corrected chi connectivity index (χ2v) is 5.27. The molecule has 0 spiro atoms. The fraction of sp³-hybridized carbons (Fsp3) is 0.929. The zero-order valence-electron chi connectivity index (χ0n) is 11.9. The Bertz CT molecular complexity index is 246. The van der Waals surface area contributed by atoms with Crippen molar-refractivity contribution in [3.05, 3.63) is 0 Å². The van der Waals surface area contributed by atoms with Crippen molar-refractivity contribution in [3.63, 3.8) is 0 Å². The fourth-order valence-corrected chi connectivity index (χ4v) is 2.60. The average Bonchev–Trinajstić information content (AvgIpc) is 2.63. The van der Waals surface area contributed by atoms with Gasteiger partial charge in [-0.1, -0.05) is 13.3 Å². The summed E-state index contributed by atoms with van der Waals surface area (Å²) in [7, 11) is 1.67. The van der Waals surface area contributed by atoms with Crippen molar-refractivity contribution < 1.29 is 9.53 Å². The standard InChI is InChI=1S/C14H28N2O2/c1-3-12-6-4-9-16(10-8-12)14(17)13(15)7-5-11-18-2/h12-13H,3-11,15H2,1-2H3. The number of nitrogens with two attached hydrogens (primary N) is 1. The summed E-state index contributed by atoms with van der Waals surface area (Å²) < 4.78 is 4.99. The van der Waals surface area contributed by atoms with Crippen LogP contribution in [-0.2, 0) is 9.53 Å². The zero-order valence-corrected chi connectivity index (χ0v) is 11.9. The van der Waals surface area contributed by atoms with Crippen molar-refractivity contribution >= 4 is 5.91 Å². The number of carbonyl (C=O) groups excluding carboxylic acids is 1. The molecule has 0 bridgehead atoms. The van der Waals surface area contributed by atoms with Crippen LogP contribution in [0.15, 0.2) is 0 Å². The first-order valence-electron chi connectivity index (χ1n) is 7.22. The molecule has 0 aromatic rings. The second-order valence-electron chi connectivity index (χ2n) is 5.27. The molecule has 2 atom stereocenters. The predicted octanol–water partition coefficient (Wildman–Crippen LogP) is 1.78. The van der Waals surface area contributed by atoms with Gasteiger partial charge in [-0.25, -0.2) is 0 Å². The highest BCUT2D eigenvalue weighted by Crippen LogP contribution is 2.20. The van der Waals surface area contributed by atoms with Gasteiger partial charge in [0.05, 0.1) is 6.04 Å². The van der Waals surface area contributed by atoms with E-state index in [1.807, 2.05) is 4.90 Å². The molecular weight excluding hydrogens is 228 g/mol. The molecule has 0 radical (unpaired) electrons. The first-order valence-corrected chi connectivity index (χ1v) is 7.22. The minimum absolute atomic E-state index is 0.128. The van der Waals surface area contributed by atoms with Gasteiger partial charge in [0.2, 0.25) is 5.91 Å². The number of hydrogen-bond acceptors (Lipinski definition) is 3. The minimum Gasteiger partial charge on any atom is -0.385 e. The van der Waals surface area contributed by atoms with Crippen molar-refractivity contribution in [1.29, 1.82) is 0 Å². The smallest absolute Gasteiger partial charge is 0.239 e. The van der Waals surface area contributed by atoms with Crippen molar-refractivity contribution in [1.82, 2.24) is 4.90 Å². The molecule has 2 N–H and O–H groups in total. The number of amides is 1. The topological polar surface area (TPSA) is 55.6 Å². The molecule has 1 aliphatic heterocycles. The van der Waals surface area contributed by atoms with Gasteiger partial charge in [0.1, 0.15) is 0 Å². The summed E-state index contributed by atoms with van der Waals surface area (Å²) in [4.78, 5) is 14.2. The van der Waals surface area contributed by atoms with Crippen molar-refractivity contribution in [2.45, 2.75) is 51.5 Å². The number of methoxy groups -OCH3 is 1. The number of ether oxygens (including phenoxy) is 1. The Morgan fingerprint density at radius 2 is 2.22 bits per heavy atom. The highest BCUT2D eigenvalue weighted by molar-refractivity contribution is 5.81. The molecule has 106 valence electrons. The molecule has 1 heterocycles. The van der Waals surface area contributed by atoms with Crippen LogP contribution in [0, 0.1) is 5.92 Å². The molecule has 1 aliphatic rings. The van der Waals surface area contributed by atoms with Crippen LogP contribution >= 0.6 is 0 Å². The highest BCUT2D eigenvalue weighted by atomic mass is 16.5. The van der Waals surface area contributed by atoms with Gasteiger partial charge >= 0.3 is 0 Å². The average molecular weight is 256 g/mol. The maximum Gasteiger partial charge on any atom is 0.239 e. The van der Waals surface area contributed by atoms with Gasteiger partial charge in [0.25, 0.3) is 0 Å². The van der Waals surface area contributed by atoms with Gasteiger partial charge in [-0.15, -0.1) is 0 Å². The van der Waals surface area contributed by atoms with Gasteiger partial charge in [0, 0.05) is 26.8 Å². The van der Waals surface area contributed by atoms with Gasteiger partial charge in [-0.05, 0) is 38.0 Å². The molecule has 18 heavy (non-hydrogen) atoms. The summed E-state index contributed by atoms with van der Waals surface area (Å²) >= 11 is 0. The van der Waals surface area contributed by atoms with Crippen LogP contribution in [0.4, 0.5) is 0 Å². The summed E-state index contributed by atoms with van der Waals surface area (Å²) in [6, 6.07) is -0.349. The molecule has 2 unspecified atom stereocenters. The Morgan fingerprint density at radius 3 is 2.89 bits per heavy atom. The van der Waals surface area contributed by atoms with Crippen LogP contribution in [-0.4, -0.2) is 43.7 Å². The van der Waals surface area contributed by atoms with E-state index in [2.05, 4.69) is 6.92 Å².